The third-order valence-corrected chi connectivity index (χ3v) is 4.70. The number of pyridine rings is 1. The van der Waals surface area contributed by atoms with Crippen LogP contribution in [-0.2, 0) is 0 Å². The van der Waals surface area contributed by atoms with Crippen molar-refractivity contribution in [2.24, 2.45) is 0 Å². The Labute approximate surface area is 169 Å². The Kier molecular flexibility index (Phi) is 4.69. The highest BCUT2D eigenvalue weighted by atomic mass is 35.5. The minimum absolute atomic E-state index is 0.128. The summed E-state index contributed by atoms with van der Waals surface area (Å²) in [6.07, 6.45) is 1.61. The molecule has 0 aliphatic heterocycles. The molecule has 2 aromatic heterocycles. The molecule has 4 rings (SSSR count). The van der Waals surface area contributed by atoms with Crippen LogP contribution in [0.2, 0.25) is 5.02 Å². The number of nitro groups is 1. The van der Waals surface area contributed by atoms with E-state index in [2.05, 4.69) is 15.3 Å². The van der Waals surface area contributed by atoms with Crippen molar-refractivity contribution in [3.63, 3.8) is 0 Å². The minimum Gasteiger partial charge on any atom is -0.434 e. The monoisotopic (exact) mass is 408 g/mol. The van der Waals surface area contributed by atoms with Gasteiger partial charge in [-0.1, -0.05) is 17.7 Å². The van der Waals surface area contributed by atoms with E-state index in [1.165, 1.54) is 25.1 Å². The summed E-state index contributed by atoms with van der Waals surface area (Å²) in [5, 5.41) is 14.1. The fourth-order valence-electron chi connectivity index (χ4n) is 2.90. The summed E-state index contributed by atoms with van der Waals surface area (Å²) in [6.45, 7) is 1.52. The number of nitrogens with one attached hydrogen (secondary N) is 1. The van der Waals surface area contributed by atoms with Crippen LogP contribution in [-0.4, -0.2) is 20.8 Å². The van der Waals surface area contributed by atoms with Crippen LogP contribution in [0.5, 0.6) is 0 Å². The summed E-state index contributed by atoms with van der Waals surface area (Å²) >= 11 is 6.23. The molecule has 0 atom stereocenters. The fraction of sp³-hybridized carbons (Fsp3) is 0.0500. The van der Waals surface area contributed by atoms with E-state index in [4.69, 9.17) is 16.0 Å². The average molecular weight is 409 g/mol. The first-order chi connectivity index (χ1) is 13.9. The Morgan fingerprint density at radius 2 is 2.03 bits per heavy atom. The number of aromatic nitrogens is 2. The quantitative estimate of drug-likeness (QED) is 0.375. The van der Waals surface area contributed by atoms with E-state index >= 15 is 0 Å². The summed E-state index contributed by atoms with van der Waals surface area (Å²) in [5.74, 6) is -0.179. The van der Waals surface area contributed by atoms with Crippen molar-refractivity contribution in [3.8, 4) is 11.5 Å². The molecule has 0 bridgehead atoms. The molecule has 0 fully saturated rings. The molecule has 0 spiro atoms. The van der Waals surface area contributed by atoms with E-state index in [0.29, 0.717) is 33.4 Å². The van der Waals surface area contributed by atoms with Crippen LogP contribution in [0.25, 0.3) is 22.7 Å². The highest BCUT2D eigenvalue weighted by molar-refractivity contribution is 6.34. The lowest BCUT2D eigenvalue weighted by atomic mass is 10.1. The van der Waals surface area contributed by atoms with Crippen molar-refractivity contribution in [2.75, 3.05) is 5.32 Å². The lowest BCUT2D eigenvalue weighted by Gasteiger charge is -2.10. The van der Waals surface area contributed by atoms with Crippen LogP contribution < -0.4 is 5.32 Å². The Balaban J connectivity index is 1.67. The van der Waals surface area contributed by atoms with Crippen LogP contribution in [0.3, 0.4) is 0 Å². The molecule has 144 valence electrons. The standard InChI is InChI=1S/C20H13ClN4O4/c1-11-13(4-2-5-16(11)25(27)28)19(26)23-15-10-12(7-8-14(15)21)20-24-18-17(29-20)6-3-9-22-18/h2-10H,1H3,(H,23,26). The molecule has 29 heavy (non-hydrogen) atoms. The second-order valence-electron chi connectivity index (χ2n) is 6.20. The summed E-state index contributed by atoms with van der Waals surface area (Å²) in [5.41, 5.74) is 2.26. The minimum atomic E-state index is -0.527. The van der Waals surface area contributed by atoms with Crippen LogP contribution in [0.4, 0.5) is 11.4 Å². The molecule has 2 aromatic carbocycles. The molecule has 0 aliphatic carbocycles. The number of rotatable bonds is 4. The highest BCUT2D eigenvalue weighted by Gasteiger charge is 2.19. The van der Waals surface area contributed by atoms with Crippen molar-refractivity contribution in [2.45, 2.75) is 6.92 Å². The zero-order chi connectivity index (χ0) is 20.5. The molecule has 1 amide bonds. The lowest BCUT2D eigenvalue weighted by Crippen LogP contribution is -2.14. The molecular formula is C20H13ClN4O4. The normalized spacial score (nSPS) is 10.8. The number of hydrogen-bond donors (Lipinski definition) is 1. The van der Waals surface area contributed by atoms with Crippen molar-refractivity contribution >= 4 is 40.1 Å². The summed E-state index contributed by atoms with van der Waals surface area (Å²) in [4.78, 5) is 31.8. The van der Waals surface area contributed by atoms with Gasteiger partial charge in [0.05, 0.1) is 15.6 Å². The summed E-state index contributed by atoms with van der Waals surface area (Å²) < 4.78 is 5.70. The van der Waals surface area contributed by atoms with Gasteiger partial charge in [-0.25, -0.2) is 4.98 Å². The fourth-order valence-corrected chi connectivity index (χ4v) is 3.07. The largest absolute Gasteiger partial charge is 0.434 e. The first-order valence-corrected chi connectivity index (χ1v) is 8.88. The summed E-state index contributed by atoms with van der Waals surface area (Å²) in [7, 11) is 0. The zero-order valence-electron chi connectivity index (χ0n) is 15.0. The Hall–Kier alpha value is -3.78. The third-order valence-electron chi connectivity index (χ3n) is 4.37. The Morgan fingerprint density at radius 3 is 2.79 bits per heavy atom. The molecule has 0 unspecified atom stereocenters. The number of nitro benzene ring substituents is 1. The SMILES string of the molecule is Cc1c(C(=O)Nc2cc(-c3nc4ncccc4o3)ccc2Cl)cccc1[N+](=O)[O-]. The van der Waals surface area contributed by atoms with Crippen molar-refractivity contribution in [3.05, 3.63) is 81.0 Å². The van der Waals surface area contributed by atoms with Gasteiger partial charge in [0.1, 0.15) is 0 Å². The number of halogens is 1. The lowest BCUT2D eigenvalue weighted by molar-refractivity contribution is -0.385. The van der Waals surface area contributed by atoms with Crippen LogP contribution in [0.15, 0.2) is 59.1 Å². The molecular weight excluding hydrogens is 396 g/mol. The first kappa shape index (κ1) is 18.6. The second-order valence-corrected chi connectivity index (χ2v) is 6.61. The van der Waals surface area contributed by atoms with Gasteiger partial charge in [0.15, 0.2) is 11.2 Å². The second kappa shape index (κ2) is 7.33. The van der Waals surface area contributed by atoms with E-state index in [-0.39, 0.29) is 16.8 Å². The van der Waals surface area contributed by atoms with Crippen LogP contribution in [0.1, 0.15) is 15.9 Å². The molecule has 0 saturated heterocycles. The van der Waals surface area contributed by atoms with Gasteiger partial charge in [0, 0.05) is 29.0 Å². The Bertz CT molecular complexity index is 1240. The molecule has 4 aromatic rings. The number of anilines is 1. The van der Waals surface area contributed by atoms with Gasteiger partial charge < -0.3 is 9.73 Å². The maximum absolute atomic E-state index is 12.7. The molecule has 1 N–H and O–H groups in total. The topological polar surface area (TPSA) is 111 Å². The zero-order valence-corrected chi connectivity index (χ0v) is 15.8. The van der Waals surface area contributed by atoms with Crippen molar-refractivity contribution < 1.29 is 14.1 Å². The maximum Gasteiger partial charge on any atom is 0.273 e. The molecule has 0 radical (unpaired) electrons. The predicted octanol–water partition coefficient (Wildman–Crippen LogP) is 5.01. The number of carbonyl (C=O) groups is 1. The number of benzene rings is 2. The van der Waals surface area contributed by atoms with Crippen LogP contribution in [0, 0.1) is 17.0 Å². The maximum atomic E-state index is 12.7. The van der Waals surface area contributed by atoms with Gasteiger partial charge in [0.2, 0.25) is 5.89 Å². The molecule has 9 heteroatoms. The number of nitrogens with zero attached hydrogens (tertiary/aromatic N) is 3. The van der Waals surface area contributed by atoms with Gasteiger partial charge in [-0.2, -0.15) is 4.98 Å². The van der Waals surface area contributed by atoms with Crippen molar-refractivity contribution in [1.29, 1.82) is 0 Å². The summed E-state index contributed by atoms with van der Waals surface area (Å²) in [6, 6.07) is 12.8. The van der Waals surface area contributed by atoms with Gasteiger partial charge in [-0.15, -0.1) is 0 Å². The first-order valence-electron chi connectivity index (χ1n) is 8.51. The van der Waals surface area contributed by atoms with Gasteiger partial charge in [-0.05, 0) is 43.3 Å². The number of carbonyl (C=O) groups excluding carboxylic acids is 1. The van der Waals surface area contributed by atoms with E-state index in [1.807, 2.05) is 0 Å². The van der Waals surface area contributed by atoms with Gasteiger partial charge >= 0.3 is 0 Å². The van der Waals surface area contributed by atoms with Gasteiger partial charge in [-0.3, -0.25) is 14.9 Å². The number of fused-ring (bicyclic) bond motifs is 1. The highest BCUT2D eigenvalue weighted by Crippen LogP contribution is 2.31. The van der Waals surface area contributed by atoms with Crippen LogP contribution >= 0.6 is 11.6 Å². The molecule has 2 heterocycles. The van der Waals surface area contributed by atoms with E-state index < -0.39 is 10.8 Å². The Morgan fingerprint density at radius 1 is 1.21 bits per heavy atom. The average Bonchev–Trinajstić information content (AvgIpc) is 3.13. The van der Waals surface area contributed by atoms with Gasteiger partial charge in [0.25, 0.3) is 11.6 Å². The molecule has 0 aliphatic rings. The third kappa shape index (κ3) is 3.53. The molecule has 0 saturated carbocycles. The number of hydrogen-bond acceptors (Lipinski definition) is 6. The number of oxazole rings is 1. The predicted molar refractivity (Wildman–Crippen MR) is 108 cm³/mol. The smallest absolute Gasteiger partial charge is 0.273 e. The van der Waals surface area contributed by atoms with E-state index in [1.54, 1.807) is 36.5 Å². The van der Waals surface area contributed by atoms with Crippen molar-refractivity contribution in [1.82, 2.24) is 9.97 Å². The van der Waals surface area contributed by atoms with E-state index in [0.717, 1.165) is 0 Å². The van der Waals surface area contributed by atoms with E-state index in [9.17, 15) is 14.9 Å². The molecule has 8 nitrogen and oxygen atoms in total. The number of amides is 1.